The monoisotopic (exact) mass is 308 g/mol. The van der Waals surface area contributed by atoms with Gasteiger partial charge in [-0.05, 0) is 49.2 Å². The molecule has 1 aromatic carbocycles. The lowest BCUT2D eigenvalue weighted by Crippen LogP contribution is -2.41. The molecular weight excluding hydrogens is 284 g/mol. The van der Waals surface area contributed by atoms with Crippen molar-refractivity contribution in [2.45, 2.75) is 24.8 Å². The van der Waals surface area contributed by atoms with E-state index in [4.69, 9.17) is 4.74 Å². The maximum absolute atomic E-state index is 5.20. The van der Waals surface area contributed by atoms with Crippen LogP contribution in [0.1, 0.15) is 24.0 Å². The summed E-state index contributed by atoms with van der Waals surface area (Å²) in [6.45, 7) is 3.19. The molecule has 2 heterocycles. The van der Waals surface area contributed by atoms with E-state index < -0.39 is 0 Å². The van der Waals surface area contributed by atoms with E-state index in [0.717, 1.165) is 32.5 Å². The van der Waals surface area contributed by atoms with Crippen LogP contribution in [-0.2, 0) is 16.7 Å². The summed E-state index contributed by atoms with van der Waals surface area (Å²) >= 11 is 0. The molecule has 2 aromatic rings. The zero-order chi connectivity index (χ0) is 16.0. The third-order valence-corrected chi connectivity index (χ3v) is 4.76. The van der Waals surface area contributed by atoms with E-state index in [1.807, 2.05) is 24.7 Å². The molecule has 0 saturated carbocycles. The number of allylic oxidation sites excluding steroid dienone is 1. The van der Waals surface area contributed by atoms with Gasteiger partial charge in [-0.1, -0.05) is 36.4 Å². The quantitative estimate of drug-likeness (QED) is 0.786. The lowest BCUT2D eigenvalue weighted by Gasteiger charge is -2.40. The van der Waals surface area contributed by atoms with Crippen LogP contribution in [0.3, 0.4) is 0 Å². The van der Waals surface area contributed by atoms with Gasteiger partial charge in [-0.15, -0.1) is 0 Å². The van der Waals surface area contributed by atoms with Gasteiger partial charge in [0.1, 0.15) is 0 Å². The van der Waals surface area contributed by atoms with E-state index in [-0.39, 0.29) is 5.41 Å². The maximum atomic E-state index is 5.20. The molecule has 120 valence electrons. The molecule has 23 heavy (non-hydrogen) atoms. The zero-order valence-electron chi connectivity index (χ0n) is 13.7. The van der Waals surface area contributed by atoms with E-state index in [2.05, 4.69) is 52.4 Å². The molecule has 0 amide bonds. The number of methoxy groups -OCH3 is 1. The number of ether oxygens (including phenoxy) is 1. The van der Waals surface area contributed by atoms with Crippen molar-refractivity contribution in [1.29, 1.82) is 0 Å². The minimum atomic E-state index is 0.0391. The van der Waals surface area contributed by atoms with Gasteiger partial charge in [0.25, 0.3) is 0 Å². The Morgan fingerprint density at radius 3 is 2.57 bits per heavy atom. The number of rotatable bonds is 5. The number of aromatic nitrogens is 1. The lowest BCUT2D eigenvalue weighted by atomic mass is 9.73. The third-order valence-electron chi connectivity index (χ3n) is 4.76. The molecule has 1 aliphatic rings. The summed E-state index contributed by atoms with van der Waals surface area (Å²) in [5.74, 6) is 0. The van der Waals surface area contributed by atoms with Crippen molar-refractivity contribution in [1.82, 2.24) is 9.88 Å². The van der Waals surface area contributed by atoms with Crippen molar-refractivity contribution in [2.24, 2.45) is 0 Å². The molecular formula is C20H24N2O. The van der Waals surface area contributed by atoms with Gasteiger partial charge in [0.15, 0.2) is 0 Å². The largest absolute Gasteiger partial charge is 0.505 e. The Morgan fingerprint density at radius 2 is 1.91 bits per heavy atom. The summed E-state index contributed by atoms with van der Waals surface area (Å²) in [5, 5.41) is 0. The molecule has 1 saturated heterocycles. The van der Waals surface area contributed by atoms with Crippen LogP contribution in [0.2, 0.25) is 0 Å². The number of benzene rings is 1. The fraction of sp³-hybridized carbons (Fsp3) is 0.350. The minimum Gasteiger partial charge on any atom is -0.505 e. The summed E-state index contributed by atoms with van der Waals surface area (Å²) < 4.78 is 5.20. The Balaban J connectivity index is 1.71. The van der Waals surface area contributed by atoms with Crippen LogP contribution in [0.15, 0.2) is 67.2 Å². The predicted octanol–water partition coefficient (Wildman–Crippen LogP) is 3.78. The van der Waals surface area contributed by atoms with Crippen LogP contribution in [0.4, 0.5) is 0 Å². The van der Waals surface area contributed by atoms with Crippen LogP contribution in [0, 0.1) is 0 Å². The molecule has 0 radical (unpaired) electrons. The van der Waals surface area contributed by atoms with Gasteiger partial charge in [0.05, 0.1) is 13.4 Å². The maximum Gasteiger partial charge on any atom is 0.0793 e. The van der Waals surface area contributed by atoms with E-state index in [1.165, 1.54) is 11.1 Å². The van der Waals surface area contributed by atoms with Crippen molar-refractivity contribution in [3.8, 4) is 0 Å². The fourth-order valence-corrected chi connectivity index (χ4v) is 3.36. The number of likely N-dealkylation sites (tertiary alicyclic amines) is 1. The van der Waals surface area contributed by atoms with Crippen LogP contribution >= 0.6 is 0 Å². The molecule has 1 aliphatic heterocycles. The lowest BCUT2D eigenvalue weighted by molar-refractivity contribution is 0.173. The van der Waals surface area contributed by atoms with E-state index in [1.54, 1.807) is 7.11 Å². The van der Waals surface area contributed by atoms with Gasteiger partial charge in [-0.2, -0.15) is 0 Å². The van der Waals surface area contributed by atoms with Gasteiger partial charge in [-0.25, -0.2) is 0 Å². The van der Waals surface area contributed by atoms with E-state index >= 15 is 0 Å². The zero-order valence-corrected chi connectivity index (χ0v) is 13.7. The number of piperidine rings is 1. The smallest absolute Gasteiger partial charge is 0.0793 e. The third kappa shape index (κ3) is 3.80. The number of nitrogens with zero attached hydrogens (tertiary/aromatic N) is 2. The van der Waals surface area contributed by atoms with E-state index in [9.17, 15) is 0 Å². The summed E-state index contributed by atoms with van der Waals surface area (Å²) in [6.07, 6.45) is 10.0. The van der Waals surface area contributed by atoms with Crippen LogP contribution in [0.5, 0.6) is 0 Å². The topological polar surface area (TPSA) is 25.4 Å². The molecule has 1 aromatic heterocycles. The molecule has 0 spiro atoms. The second-order valence-corrected chi connectivity index (χ2v) is 6.20. The molecule has 3 nitrogen and oxygen atoms in total. The Bertz CT molecular complexity index is 617. The van der Waals surface area contributed by atoms with Crippen molar-refractivity contribution in [3.63, 3.8) is 0 Å². The van der Waals surface area contributed by atoms with Crippen molar-refractivity contribution in [3.05, 3.63) is 78.3 Å². The second kappa shape index (κ2) is 7.42. The Kier molecular flexibility index (Phi) is 5.09. The second-order valence-electron chi connectivity index (χ2n) is 6.20. The Hall–Kier alpha value is -2.13. The average molecular weight is 308 g/mol. The van der Waals surface area contributed by atoms with Gasteiger partial charge < -0.3 is 4.74 Å². The van der Waals surface area contributed by atoms with Gasteiger partial charge in [0.2, 0.25) is 0 Å². The molecule has 1 fully saturated rings. The normalized spacial score (nSPS) is 18.1. The molecule has 0 unspecified atom stereocenters. The SMILES string of the molecule is COC=CC1(c2cccnc2)CCN(Cc2ccccc2)CC1. The molecule has 3 heteroatoms. The fourth-order valence-electron chi connectivity index (χ4n) is 3.36. The number of pyridine rings is 1. The highest BCUT2D eigenvalue weighted by atomic mass is 16.5. The van der Waals surface area contributed by atoms with Crippen LogP contribution in [0.25, 0.3) is 0 Å². The molecule has 0 atom stereocenters. The first-order valence-corrected chi connectivity index (χ1v) is 8.20. The predicted molar refractivity (Wildman–Crippen MR) is 93.0 cm³/mol. The van der Waals surface area contributed by atoms with Gasteiger partial charge in [-0.3, -0.25) is 9.88 Å². The first kappa shape index (κ1) is 15.8. The molecule has 0 N–H and O–H groups in total. The Morgan fingerprint density at radius 1 is 1.13 bits per heavy atom. The summed E-state index contributed by atoms with van der Waals surface area (Å²) in [4.78, 5) is 6.84. The van der Waals surface area contributed by atoms with Crippen LogP contribution < -0.4 is 0 Å². The number of hydrogen-bond donors (Lipinski definition) is 0. The summed E-state index contributed by atoms with van der Waals surface area (Å²) in [6, 6.07) is 14.9. The molecule has 0 bridgehead atoms. The first-order valence-electron chi connectivity index (χ1n) is 8.20. The highest BCUT2D eigenvalue weighted by Crippen LogP contribution is 2.37. The van der Waals surface area contributed by atoms with Crippen molar-refractivity contribution >= 4 is 0 Å². The van der Waals surface area contributed by atoms with Crippen LogP contribution in [-0.4, -0.2) is 30.1 Å². The van der Waals surface area contributed by atoms with Gasteiger partial charge >= 0.3 is 0 Å². The summed E-state index contributed by atoms with van der Waals surface area (Å²) in [7, 11) is 1.71. The first-order chi connectivity index (χ1) is 11.3. The van der Waals surface area contributed by atoms with Gasteiger partial charge in [0, 0.05) is 24.4 Å². The molecule has 0 aliphatic carbocycles. The Labute approximate surface area is 138 Å². The standard InChI is InChI=1S/C20H24N2O/c1-23-15-11-20(19-8-5-12-21-16-19)9-13-22(14-10-20)17-18-6-3-2-4-7-18/h2-8,11-12,15-16H,9-10,13-14,17H2,1H3. The van der Waals surface area contributed by atoms with E-state index in [0.29, 0.717) is 0 Å². The highest BCUT2D eigenvalue weighted by molar-refractivity contribution is 5.29. The summed E-state index contributed by atoms with van der Waals surface area (Å²) in [5.41, 5.74) is 2.71. The van der Waals surface area contributed by atoms with Crippen molar-refractivity contribution in [2.75, 3.05) is 20.2 Å². The highest BCUT2D eigenvalue weighted by Gasteiger charge is 2.34. The van der Waals surface area contributed by atoms with Crippen molar-refractivity contribution < 1.29 is 4.74 Å². The average Bonchev–Trinajstić information content (AvgIpc) is 2.63. The minimum absolute atomic E-state index is 0.0391. The number of hydrogen-bond acceptors (Lipinski definition) is 3. The molecule has 3 rings (SSSR count).